The number of nitrogens with two attached hydrogens (primary N) is 1. The zero-order valence-electron chi connectivity index (χ0n) is 13.1. The second-order valence-corrected chi connectivity index (χ2v) is 6.43. The fourth-order valence-corrected chi connectivity index (χ4v) is 3.28. The Hall–Kier alpha value is -1.14. The summed E-state index contributed by atoms with van der Waals surface area (Å²) in [5, 5.41) is 2.63. The van der Waals surface area contributed by atoms with Crippen LogP contribution in [0.1, 0.15) is 38.5 Å². The first-order chi connectivity index (χ1) is 10.0. The van der Waals surface area contributed by atoms with Crippen LogP contribution in [-0.4, -0.2) is 66.9 Å². The highest BCUT2D eigenvalue weighted by atomic mass is 16.2. The van der Waals surface area contributed by atoms with Gasteiger partial charge in [-0.15, -0.1) is 0 Å². The molecule has 0 aromatic heterocycles. The minimum Gasteiger partial charge on any atom is -0.358 e. The molecule has 6 nitrogen and oxygen atoms in total. The fraction of sp³-hybridized carbons (Fsp3) is 0.867. The van der Waals surface area contributed by atoms with E-state index in [4.69, 9.17) is 5.73 Å². The number of nitrogens with zero attached hydrogens (tertiary/aromatic N) is 2. The molecule has 21 heavy (non-hydrogen) atoms. The van der Waals surface area contributed by atoms with Crippen molar-refractivity contribution < 1.29 is 9.59 Å². The standard InChI is InChI=1S/C15H28N4O2/c1-17-13(20)12-18-7-9-19(10-8-18)14(21)11-15(16)5-3-2-4-6-15/h2-12,16H2,1H3,(H,17,20). The Kier molecular flexibility index (Phi) is 5.58. The molecule has 0 bridgehead atoms. The van der Waals surface area contributed by atoms with E-state index in [0.717, 1.165) is 38.8 Å². The molecule has 2 fully saturated rings. The number of rotatable bonds is 4. The first-order valence-corrected chi connectivity index (χ1v) is 8.02. The summed E-state index contributed by atoms with van der Waals surface area (Å²) in [6.07, 6.45) is 5.94. The van der Waals surface area contributed by atoms with Crippen LogP contribution in [0.3, 0.4) is 0 Å². The van der Waals surface area contributed by atoms with Crippen molar-refractivity contribution >= 4 is 11.8 Å². The van der Waals surface area contributed by atoms with Crippen LogP contribution in [0.25, 0.3) is 0 Å². The van der Waals surface area contributed by atoms with E-state index < -0.39 is 0 Å². The van der Waals surface area contributed by atoms with Crippen molar-refractivity contribution in [2.45, 2.75) is 44.1 Å². The summed E-state index contributed by atoms with van der Waals surface area (Å²) in [7, 11) is 1.65. The quantitative estimate of drug-likeness (QED) is 0.761. The van der Waals surface area contributed by atoms with Crippen molar-refractivity contribution in [2.75, 3.05) is 39.8 Å². The van der Waals surface area contributed by atoms with Gasteiger partial charge in [0.25, 0.3) is 0 Å². The molecular formula is C15H28N4O2. The molecule has 2 amide bonds. The maximum Gasteiger partial charge on any atom is 0.233 e. The average molecular weight is 296 g/mol. The molecule has 0 radical (unpaired) electrons. The largest absolute Gasteiger partial charge is 0.358 e. The topological polar surface area (TPSA) is 78.7 Å². The van der Waals surface area contributed by atoms with Crippen LogP contribution in [-0.2, 0) is 9.59 Å². The number of nitrogens with one attached hydrogen (secondary N) is 1. The van der Waals surface area contributed by atoms with Gasteiger partial charge in [-0.1, -0.05) is 19.3 Å². The molecular weight excluding hydrogens is 268 g/mol. The van der Waals surface area contributed by atoms with E-state index in [2.05, 4.69) is 10.2 Å². The number of carbonyl (C=O) groups is 2. The molecule has 3 N–H and O–H groups in total. The predicted molar refractivity (Wildman–Crippen MR) is 81.7 cm³/mol. The van der Waals surface area contributed by atoms with E-state index in [9.17, 15) is 9.59 Å². The summed E-state index contributed by atoms with van der Waals surface area (Å²) >= 11 is 0. The zero-order chi connectivity index (χ0) is 15.3. The van der Waals surface area contributed by atoms with Crippen LogP contribution in [0.4, 0.5) is 0 Å². The second-order valence-electron chi connectivity index (χ2n) is 6.43. The summed E-state index contributed by atoms with van der Waals surface area (Å²) in [6, 6.07) is 0. The molecule has 1 aliphatic carbocycles. The van der Waals surface area contributed by atoms with Gasteiger partial charge in [0.15, 0.2) is 0 Å². The van der Waals surface area contributed by atoms with Crippen molar-refractivity contribution in [2.24, 2.45) is 5.73 Å². The molecule has 0 aromatic rings. The van der Waals surface area contributed by atoms with Crippen LogP contribution in [0, 0.1) is 0 Å². The molecule has 2 aliphatic rings. The van der Waals surface area contributed by atoms with Gasteiger partial charge in [0.2, 0.25) is 11.8 Å². The number of carbonyl (C=O) groups excluding carboxylic acids is 2. The number of amides is 2. The minimum absolute atomic E-state index is 0.0258. The van der Waals surface area contributed by atoms with Crippen molar-refractivity contribution in [3.8, 4) is 0 Å². The molecule has 1 aliphatic heterocycles. The van der Waals surface area contributed by atoms with Crippen LogP contribution in [0.15, 0.2) is 0 Å². The second kappa shape index (κ2) is 7.22. The van der Waals surface area contributed by atoms with E-state index in [0.29, 0.717) is 26.1 Å². The van der Waals surface area contributed by atoms with Gasteiger partial charge in [-0.3, -0.25) is 14.5 Å². The van der Waals surface area contributed by atoms with E-state index in [-0.39, 0.29) is 17.4 Å². The minimum atomic E-state index is -0.283. The fourth-order valence-electron chi connectivity index (χ4n) is 3.28. The Morgan fingerprint density at radius 3 is 2.29 bits per heavy atom. The lowest BCUT2D eigenvalue weighted by atomic mass is 9.80. The number of piperazine rings is 1. The molecule has 0 unspecified atom stereocenters. The van der Waals surface area contributed by atoms with Crippen molar-refractivity contribution in [1.29, 1.82) is 0 Å². The SMILES string of the molecule is CNC(=O)CN1CCN(C(=O)CC2(N)CCCCC2)CC1. The van der Waals surface area contributed by atoms with Crippen molar-refractivity contribution in [1.82, 2.24) is 15.1 Å². The third-order valence-electron chi connectivity index (χ3n) is 4.72. The van der Waals surface area contributed by atoms with E-state index >= 15 is 0 Å². The van der Waals surface area contributed by atoms with Gasteiger partial charge < -0.3 is 16.0 Å². The highest BCUT2D eigenvalue weighted by Gasteiger charge is 2.32. The van der Waals surface area contributed by atoms with Crippen LogP contribution in [0.5, 0.6) is 0 Å². The van der Waals surface area contributed by atoms with Crippen LogP contribution < -0.4 is 11.1 Å². The summed E-state index contributed by atoms with van der Waals surface area (Å²) in [6.45, 7) is 3.34. The first kappa shape index (κ1) is 16.2. The highest BCUT2D eigenvalue weighted by molar-refractivity contribution is 5.78. The number of likely N-dealkylation sites (N-methyl/N-ethyl adjacent to an activating group) is 1. The summed E-state index contributed by atoms with van der Waals surface area (Å²) in [4.78, 5) is 27.7. The first-order valence-electron chi connectivity index (χ1n) is 8.02. The Morgan fingerprint density at radius 2 is 1.71 bits per heavy atom. The van der Waals surface area contributed by atoms with E-state index in [1.165, 1.54) is 6.42 Å². The molecule has 0 atom stereocenters. The lowest BCUT2D eigenvalue weighted by Gasteiger charge is -2.38. The average Bonchev–Trinajstić information content (AvgIpc) is 2.48. The maximum absolute atomic E-state index is 12.4. The normalized spacial score (nSPS) is 22.9. The molecule has 0 spiro atoms. The lowest BCUT2D eigenvalue weighted by molar-refractivity contribution is -0.134. The Morgan fingerprint density at radius 1 is 1.10 bits per heavy atom. The van der Waals surface area contributed by atoms with Gasteiger partial charge >= 0.3 is 0 Å². The Bertz CT molecular complexity index is 372. The van der Waals surface area contributed by atoms with Gasteiger partial charge in [0.05, 0.1) is 6.54 Å². The molecule has 120 valence electrons. The monoisotopic (exact) mass is 296 g/mol. The lowest BCUT2D eigenvalue weighted by Crippen LogP contribution is -2.53. The van der Waals surface area contributed by atoms with Gasteiger partial charge in [-0.2, -0.15) is 0 Å². The molecule has 1 saturated carbocycles. The third kappa shape index (κ3) is 4.68. The van der Waals surface area contributed by atoms with E-state index in [1.807, 2.05) is 4.90 Å². The van der Waals surface area contributed by atoms with Crippen molar-refractivity contribution in [3.63, 3.8) is 0 Å². The molecule has 1 heterocycles. The maximum atomic E-state index is 12.4. The van der Waals surface area contributed by atoms with Gasteiger partial charge in [0, 0.05) is 45.2 Å². The predicted octanol–water partition coefficient (Wildman–Crippen LogP) is -0.0717. The number of hydrogen-bond donors (Lipinski definition) is 2. The van der Waals surface area contributed by atoms with Crippen LogP contribution in [0.2, 0.25) is 0 Å². The highest BCUT2D eigenvalue weighted by Crippen LogP contribution is 2.29. The van der Waals surface area contributed by atoms with Gasteiger partial charge in [-0.05, 0) is 12.8 Å². The van der Waals surface area contributed by atoms with E-state index in [1.54, 1.807) is 7.05 Å². The molecule has 1 saturated heterocycles. The molecule has 6 heteroatoms. The third-order valence-corrected chi connectivity index (χ3v) is 4.72. The Balaban J connectivity index is 1.76. The Labute approximate surface area is 127 Å². The molecule has 2 rings (SSSR count). The number of hydrogen-bond acceptors (Lipinski definition) is 4. The van der Waals surface area contributed by atoms with Gasteiger partial charge in [0.1, 0.15) is 0 Å². The van der Waals surface area contributed by atoms with Gasteiger partial charge in [-0.25, -0.2) is 0 Å². The van der Waals surface area contributed by atoms with Crippen molar-refractivity contribution in [3.05, 3.63) is 0 Å². The van der Waals surface area contributed by atoms with Crippen LogP contribution >= 0.6 is 0 Å². The molecule has 0 aromatic carbocycles. The summed E-state index contributed by atoms with van der Waals surface area (Å²) in [5.74, 6) is 0.205. The zero-order valence-corrected chi connectivity index (χ0v) is 13.1. The summed E-state index contributed by atoms with van der Waals surface area (Å²) in [5.41, 5.74) is 6.08. The summed E-state index contributed by atoms with van der Waals surface area (Å²) < 4.78 is 0. The smallest absolute Gasteiger partial charge is 0.233 e.